The van der Waals surface area contributed by atoms with E-state index in [4.69, 9.17) is 0 Å². The summed E-state index contributed by atoms with van der Waals surface area (Å²) in [4.78, 5) is 0. The van der Waals surface area contributed by atoms with Crippen molar-refractivity contribution in [3.05, 3.63) is 36.0 Å². The van der Waals surface area contributed by atoms with Crippen molar-refractivity contribution in [3.63, 3.8) is 0 Å². The van der Waals surface area contributed by atoms with Crippen LogP contribution in [0.3, 0.4) is 0 Å². The van der Waals surface area contributed by atoms with Crippen LogP contribution in [0.15, 0.2) is 30.3 Å². The fraction of sp³-hybridized carbons (Fsp3) is 0.471. The Labute approximate surface area is 121 Å². The second-order valence-electron chi connectivity index (χ2n) is 6.20. The van der Waals surface area contributed by atoms with Gasteiger partial charge in [0, 0.05) is 0 Å². The first-order chi connectivity index (χ1) is 9.45. The fourth-order valence-electron chi connectivity index (χ4n) is 2.34. The molecule has 0 bridgehead atoms. The van der Waals surface area contributed by atoms with E-state index < -0.39 is 0 Å². The summed E-state index contributed by atoms with van der Waals surface area (Å²) in [7, 11) is 0. The van der Waals surface area contributed by atoms with Gasteiger partial charge in [0.25, 0.3) is 0 Å². The number of aromatic hydroxyl groups is 1. The summed E-state index contributed by atoms with van der Waals surface area (Å²) >= 11 is 0. The molecule has 0 aliphatic rings. The van der Waals surface area contributed by atoms with Gasteiger partial charge in [-0.3, -0.25) is 0 Å². The van der Waals surface area contributed by atoms with Crippen LogP contribution in [0.2, 0.25) is 0 Å². The van der Waals surface area contributed by atoms with Gasteiger partial charge in [-0.1, -0.05) is 43.7 Å². The molecule has 1 aromatic carbocycles. The minimum Gasteiger partial charge on any atom is -0.493 e. The van der Waals surface area contributed by atoms with Crippen LogP contribution in [0.4, 0.5) is 0 Å². The van der Waals surface area contributed by atoms with Gasteiger partial charge in [-0.2, -0.15) is 5.10 Å². The minimum atomic E-state index is -0.224. The van der Waals surface area contributed by atoms with Crippen LogP contribution >= 0.6 is 0 Å². The first-order valence-corrected chi connectivity index (χ1v) is 7.32. The minimum absolute atomic E-state index is 0.224. The second-order valence-corrected chi connectivity index (χ2v) is 6.20. The average Bonchev–Trinajstić information content (AvgIpc) is 2.74. The number of aromatic nitrogens is 2. The van der Waals surface area contributed by atoms with E-state index in [9.17, 15) is 5.11 Å². The van der Waals surface area contributed by atoms with E-state index >= 15 is 0 Å². The molecule has 1 heterocycles. The molecule has 0 unspecified atom stereocenters. The smallest absolute Gasteiger partial charge is 0.218 e. The van der Waals surface area contributed by atoms with Crippen LogP contribution < -0.4 is 0 Å². The monoisotopic (exact) mass is 272 g/mol. The number of benzene rings is 1. The van der Waals surface area contributed by atoms with E-state index in [0.717, 1.165) is 36.1 Å². The van der Waals surface area contributed by atoms with Gasteiger partial charge in [0.05, 0.1) is 16.8 Å². The van der Waals surface area contributed by atoms with Crippen molar-refractivity contribution < 1.29 is 5.11 Å². The molecule has 0 fully saturated rings. The van der Waals surface area contributed by atoms with Gasteiger partial charge in [0.1, 0.15) is 0 Å². The zero-order valence-electron chi connectivity index (χ0n) is 12.8. The highest BCUT2D eigenvalue weighted by Crippen LogP contribution is 2.36. The normalized spacial score (nSPS) is 11.8. The molecule has 2 aromatic rings. The maximum Gasteiger partial charge on any atom is 0.218 e. The van der Waals surface area contributed by atoms with Crippen molar-refractivity contribution in [2.24, 2.45) is 0 Å². The summed E-state index contributed by atoms with van der Waals surface area (Å²) in [5.41, 5.74) is 2.68. The van der Waals surface area contributed by atoms with E-state index in [1.54, 1.807) is 4.68 Å². The predicted molar refractivity (Wildman–Crippen MR) is 82.9 cm³/mol. The Morgan fingerprint density at radius 1 is 1.15 bits per heavy atom. The molecule has 1 N–H and O–H groups in total. The lowest BCUT2D eigenvalue weighted by atomic mass is 10.0. The Bertz CT molecular complexity index is 565. The van der Waals surface area contributed by atoms with Gasteiger partial charge in [0.15, 0.2) is 0 Å². The Kier molecular flexibility index (Phi) is 4.17. The molecule has 0 amide bonds. The van der Waals surface area contributed by atoms with Crippen molar-refractivity contribution in [2.45, 2.75) is 52.5 Å². The molecular formula is C17H24N2O. The zero-order valence-corrected chi connectivity index (χ0v) is 12.8. The van der Waals surface area contributed by atoms with Crippen molar-refractivity contribution in [3.8, 4) is 17.0 Å². The summed E-state index contributed by atoms with van der Waals surface area (Å²) in [6, 6.07) is 10.0. The fourth-order valence-corrected chi connectivity index (χ4v) is 2.34. The molecule has 3 nitrogen and oxygen atoms in total. The molecule has 20 heavy (non-hydrogen) atoms. The summed E-state index contributed by atoms with van der Waals surface area (Å²) < 4.78 is 1.74. The summed E-state index contributed by atoms with van der Waals surface area (Å²) in [6.45, 7) is 8.33. The maximum absolute atomic E-state index is 10.6. The number of nitrogens with zero attached hydrogens (tertiary/aromatic N) is 2. The van der Waals surface area contributed by atoms with Crippen molar-refractivity contribution in [1.29, 1.82) is 0 Å². The molecule has 1 aromatic heterocycles. The Balaban J connectivity index is 2.55. The topological polar surface area (TPSA) is 38.0 Å². The predicted octanol–water partition coefficient (Wildman–Crippen LogP) is 4.35. The number of aryl methyl sites for hydroxylation is 1. The number of rotatable bonds is 4. The third kappa shape index (κ3) is 2.87. The van der Waals surface area contributed by atoms with Gasteiger partial charge in [0.2, 0.25) is 5.88 Å². The molecule has 3 heteroatoms. The van der Waals surface area contributed by atoms with Crippen LogP contribution in [0.25, 0.3) is 11.1 Å². The summed E-state index contributed by atoms with van der Waals surface area (Å²) in [6.07, 6.45) is 3.11. The quantitative estimate of drug-likeness (QED) is 0.898. The van der Waals surface area contributed by atoms with Crippen molar-refractivity contribution >= 4 is 0 Å². The van der Waals surface area contributed by atoms with Crippen LogP contribution in [0.5, 0.6) is 5.88 Å². The molecule has 108 valence electrons. The molecule has 0 saturated heterocycles. The van der Waals surface area contributed by atoms with Crippen LogP contribution in [-0.4, -0.2) is 14.9 Å². The first kappa shape index (κ1) is 14.6. The highest BCUT2D eigenvalue weighted by Gasteiger charge is 2.25. The lowest BCUT2D eigenvalue weighted by Gasteiger charge is -2.20. The standard InChI is InChI=1S/C17H24N2O/c1-5-6-12-14-15(13-10-8-7-9-11-13)16(20)19(18-14)17(2,3)4/h7-11,20H,5-6,12H2,1-4H3. The van der Waals surface area contributed by atoms with E-state index in [0.29, 0.717) is 0 Å². The van der Waals surface area contributed by atoms with E-state index in [-0.39, 0.29) is 11.4 Å². The van der Waals surface area contributed by atoms with Crippen LogP contribution in [0, 0.1) is 0 Å². The highest BCUT2D eigenvalue weighted by molar-refractivity contribution is 5.71. The van der Waals surface area contributed by atoms with Crippen LogP contribution in [-0.2, 0) is 12.0 Å². The molecule has 0 atom stereocenters. The number of hydrogen-bond acceptors (Lipinski definition) is 2. The molecule has 0 saturated carbocycles. The number of hydrogen-bond donors (Lipinski definition) is 1. The zero-order chi connectivity index (χ0) is 14.8. The summed E-state index contributed by atoms with van der Waals surface area (Å²) in [5, 5.41) is 15.3. The van der Waals surface area contributed by atoms with Gasteiger partial charge in [-0.05, 0) is 39.2 Å². The maximum atomic E-state index is 10.6. The van der Waals surface area contributed by atoms with Crippen molar-refractivity contribution in [2.75, 3.05) is 0 Å². The highest BCUT2D eigenvalue weighted by atomic mass is 16.3. The largest absolute Gasteiger partial charge is 0.493 e. The Hall–Kier alpha value is -1.77. The van der Waals surface area contributed by atoms with Crippen LogP contribution in [0.1, 0.15) is 46.2 Å². The Morgan fingerprint density at radius 3 is 2.35 bits per heavy atom. The van der Waals surface area contributed by atoms with Gasteiger partial charge in [-0.15, -0.1) is 0 Å². The molecular weight excluding hydrogens is 248 g/mol. The second kappa shape index (κ2) is 5.70. The molecule has 0 radical (unpaired) electrons. The van der Waals surface area contributed by atoms with E-state index in [1.807, 2.05) is 30.3 Å². The number of unbranched alkanes of at least 4 members (excludes halogenated alkanes) is 1. The average molecular weight is 272 g/mol. The molecule has 2 rings (SSSR count). The molecule has 0 spiro atoms. The molecule has 0 aliphatic heterocycles. The summed E-state index contributed by atoms with van der Waals surface area (Å²) in [5.74, 6) is 0.273. The SMILES string of the molecule is CCCCc1nn(C(C)(C)C)c(O)c1-c1ccccc1. The van der Waals surface area contributed by atoms with Crippen molar-refractivity contribution in [1.82, 2.24) is 9.78 Å². The molecule has 0 aliphatic carbocycles. The lowest BCUT2D eigenvalue weighted by molar-refractivity contribution is 0.294. The Morgan fingerprint density at radius 2 is 1.80 bits per heavy atom. The third-order valence-electron chi connectivity index (χ3n) is 3.40. The van der Waals surface area contributed by atoms with Gasteiger partial charge in [-0.25, -0.2) is 4.68 Å². The first-order valence-electron chi connectivity index (χ1n) is 7.32. The third-order valence-corrected chi connectivity index (χ3v) is 3.40. The van der Waals surface area contributed by atoms with E-state index in [1.165, 1.54) is 0 Å². The lowest BCUT2D eigenvalue weighted by Crippen LogP contribution is -2.22. The van der Waals surface area contributed by atoms with Gasteiger partial charge < -0.3 is 5.11 Å². The van der Waals surface area contributed by atoms with Gasteiger partial charge >= 0.3 is 0 Å². The van der Waals surface area contributed by atoms with E-state index in [2.05, 4.69) is 32.8 Å².